The lowest BCUT2D eigenvalue weighted by atomic mass is 9.95. The normalized spacial score (nSPS) is 14.4. The number of allylic oxidation sites excluding steroid dienone is 1. The summed E-state index contributed by atoms with van der Waals surface area (Å²) in [7, 11) is 0. The number of esters is 1. The fourth-order valence-corrected chi connectivity index (χ4v) is 6.87. The van der Waals surface area contributed by atoms with Gasteiger partial charge in [0, 0.05) is 17.7 Å². The van der Waals surface area contributed by atoms with Crippen molar-refractivity contribution in [1.29, 1.82) is 0 Å². The number of benzene rings is 3. The zero-order valence-electron chi connectivity index (χ0n) is 27.0. The van der Waals surface area contributed by atoms with Gasteiger partial charge in [-0.25, -0.2) is 9.79 Å². The second-order valence-electron chi connectivity index (χ2n) is 11.0. The molecule has 0 fully saturated rings. The van der Waals surface area contributed by atoms with Crippen molar-refractivity contribution in [1.82, 2.24) is 4.57 Å². The smallest absolute Gasteiger partial charge is 0.338 e. The molecule has 2 heterocycles. The van der Waals surface area contributed by atoms with Crippen LogP contribution in [0.1, 0.15) is 57.4 Å². The summed E-state index contributed by atoms with van der Waals surface area (Å²) in [5.41, 5.74) is 2.45. The molecule has 11 nitrogen and oxygen atoms in total. The first-order chi connectivity index (χ1) is 23.0. The highest BCUT2D eigenvalue weighted by Crippen LogP contribution is 2.38. The molecular formula is C35H34BrN3O8S. The van der Waals surface area contributed by atoms with Crippen LogP contribution < -0.4 is 29.1 Å². The van der Waals surface area contributed by atoms with E-state index < -0.39 is 16.9 Å². The van der Waals surface area contributed by atoms with Crippen molar-refractivity contribution in [3.05, 3.63) is 123 Å². The number of thiazole rings is 1. The second-order valence-corrected chi connectivity index (χ2v) is 12.8. The SMILES string of the molecule is CCOC(=O)C1=C(C)N=c2s/c(=C/c3cc(Br)c(OCc4ccc([N+](=O)[O-])cc4)c(OCC)c3)c(=O)n2[C@@H]1c1ccccc1OC(C)C. The van der Waals surface area contributed by atoms with E-state index in [1.54, 1.807) is 38.1 Å². The van der Waals surface area contributed by atoms with E-state index in [0.717, 1.165) is 5.56 Å². The van der Waals surface area contributed by atoms with Gasteiger partial charge in [-0.15, -0.1) is 0 Å². The van der Waals surface area contributed by atoms with Crippen molar-refractivity contribution in [2.75, 3.05) is 13.2 Å². The average molecular weight is 737 g/mol. The number of ether oxygens (including phenoxy) is 4. The summed E-state index contributed by atoms with van der Waals surface area (Å²) in [4.78, 5) is 43.2. The highest BCUT2D eigenvalue weighted by molar-refractivity contribution is 9.10. The Kier molecular flexibility index (Phi) is 10.8. The van der Waals surface area contributed by atoms with E-state index in [1.807, 2.05) is 51.1 Å². The quantitative estimate of drug-likeness (QED) is 0.0951. The fraction of sp³-hybridized carbons (Fsp3) is 0.286. The van der Waals surface area contributed by atoms with Gasteiger partial charge >= 0.3 is 5.97 Å². The van der Waals surface area contributed by atoms with E-state index in [0.29, 0.717) is 54.5 Å². The van der Waals surface area contributed by atoms with Gasteiger partial charge in [0.15, 0.2) is 16.3 Å². The molecule has 4 aromatic rings. The molecule has 1 aliphatic rings. The van der Waals surface area contributed by atoms with E-state index in [-0.39, 0.29) is 36.1 Å². The van der Waals surface area contributed by atoms with Gasteiger partial charge in [-0.3, -0.25) is 19.5 Å². The molecule has 13 heteroatoms. The van der Waals surface area contributed by atoms with Gasteiger partial charge in [0.1, 0.15) is 18.4 Å². The maximum atomic E-state index is 14.2. The number of halogens is 1. The van der Waals surface area contributed by atoms with Crippen LogP contribution in [0.25, 0.3) is 6.08 Å². The predicted molar refractivity (Wildman–Crippen MR) is 185 cm³/mol. The molecule has 0 saturated heterocycles. The van der Waals surface area contributed by atoms with Crippen molar-refractivity contribution in [3.8, 4) is 17.2 Å². The molecule has 0 N–H and O–H groups in total. The summed E-state index contributed by atoms with van der Waals surface area (Å²) < 4.78 is 26.0. The Morgan fingerprint density at radius 2 is 1.81 bits per heavy atom. The Balaban J connectivity index is 1.58. The van der Waals surface area contributed by atoms with Crippen LogP contribution in [0.5, 0.6) is 17.2 Å². The lowest BCUT2D eigenvalue weighted by molar-refractivity contribution is -0.384. The van der Waals surface area contributed by atoms with Crippen LogP contribution in [-0.4, -0.2) is 34.8 Å². The zero-order chi connectivity index (χ0) is 34.5. The summed E-state index contributed by atoms with van der Waals surface area (Å²) in [5, 5.41) is 11.0. The van der Waals surface area contributed by atoms with Gasteiger partial charge in [-0.2, -0.15) is 0 Å². The maximum Gasteiger partial charge on any atom is 0.338 e. The molecule has 0 aliphatic carbocycles. The molecule has 48 heavy (non-hydrogen) atoms. The number of non-ortho nitro benzene ring substituents is 1. The average Bonchev–Trinajstić information content (AvgIpc) is 3.34. The molecular weight excluding hydrogens is 702 g/mol. The minimum absolute atomic E-state index is 0.00346. The number of carbonyl (C=O) groups excluding carboxylic acids is 1. The third kappa shape index (κ3) is 7.37. The van der Waals surface area contributed by atoms with Crippen molar-refractivity contribution in [3.63, 3.8) is 0 Å². The highest BCUT2D eigenvalue weighted by atomic mass is 79.9. The van der Waals surface area contributed by atoms with Crippen LogP contribution in [0.15, 0.2) is 86.2 Å². The number of hydrogen-bond acceptors (Lipinski definition) is 10. The fourth-order valence-electron chi connectivity index (χ4n) is 5.25. The molecule has 0 spiro atoms. The molecule has 0 bridgehead atoms. The molecule has 5 rings (SSSR count). The number of fused-ring (bicyclic) bond motifs is 1. The Labute approximate surface area is 289 Å². The standard InChI is InChI=1S/C35H34BrN3O8S/c1-6-44-28-17-23(16-26(36)32(28)46-19-22-12-14-24(15-13-22)39(42)43)18-29-33(40)38-31(25-10-8-9-11-27(25)47-20(3)4)30(34(41)45-7-2)21(5)37-35(38)48-29/h8-18,20,31H,6-7,19H2,1-5H3/b29-18+/t31-/m1/s1. The Hall–Kier alpha value is -4.75. The van der Waals surface area contributed by atoms with E-state index in [9.17, 15) is 19.7 Å². The molecule has 1 aliphatic heterocycles. The van der Waals surface area contributed by atoms with Crippen LogP contribution in [-0.2, 0) is 16.1 Å². The van der Waals surface area contributed by atoms with E-state index in [1.165, 1.54) is 28.0 Å². The number of nitro benzene ring substituents is 1. The Bertz CT molecular complexity index is 2070. The number of hydrogen-bond donors (Lipinski definition) is 0. The van der Waals surface area contributed by atoms with Gasteiger partial charge in [0.05, 0.1) is 44.5 Å². The second kappa shape index (κ2) is 15.0. The van der Waals surface area contributed by atoms with Crippen LogP contribution in [0.2, 0.25) is 0 Å². The highest BCUT2D eigenvalue weighted by Gasteiger charge is 2.35. The van der Waals surface area contributed by atoms with Gasteiger partial charge in [-0.1, -0.05) is 29.5 Å². The predicted octanol–water partition coefficient (Wildman–Crippen LogP) is 6.23. The zero-order valence-corrected chi connectivity index (χ0v) is 29.4. The molecule has 1 aromatic heterocycles. The van der Waals surface area contributed by atoms with Crippen LogP contribution >= 0.6 is 27.3 Å². The van der Waals surface area contributed by atoms with Crippen molar-refractivity contribution >= 4 is 45.0 Å². The molecule has 0 unspecified atom stereocenters. The summed E-state index contributed by atoms with van der Waals surface area (Å²) >= 11 is 4.80. The van der Waals surface area contributed by atoms with Crippen molar-refractivity contribution < 1.29 is 28.7 Å². The van der Waals surface area contributed by atoms with Crippen LogP contribution in [0.4, 0.5) is 5.69 Å². The van der Waals surface area contributed by atoms with Gasteiger partial charge in [-0.05, 0) is 98.1 Å². The monoisotopic (exact) mass is 735 g/mol. The summed E-state index contributed by atoms with van der Waals surface area (Å²) in [6, 6.07) is 16.2. The van der Waals surface area contributed by atoms with Crippen LogP contribution in [0, 0.1) is 10.1 Å². The Morgan fingerprint density at radius 1 is 1.08 bits per heavy atom. The third-order valence-electron chi connectivity index (χ3n) is 7.25. The first-order valence-electron chi connectivity index (χ1n) is 15.3. The first kappa shape index (κ1) is 34.6. The molecule has 0 saturated carbocycles. The van der Waals surface area contributed by atoms with Crippen molar-refractivity contribution in [2.24, 2.45) is 4.99 Å². The number of para-hydroxylation sites is 1. The summed E-state index contributed by atoms with van der Waals surface area (Å²) in [5.74, 6) is 0.904. The minimum Gasteiger partial charge on any atom is -0.491 e. The molecule has 250 valence electrons. The van der Waals surface area contributed by atoms with Gasteiger partial charge in [0.25, 0.3) is 11.2 Å². The first-order valence-corrected chi connectivity index (χ1v) is 16.9. The molecule has 3 aromatic carbocycles. The lowest BCUT2D eigenvalue weighted by Crippen LogP contribution is -2.40. The maximum absolute atomic E-state index is 14.2. The minimum atomic E-state index is -0.821. The lowest BCUT2D eigenvalue weighted by Gasteiger charge is -2.26. The summed E-state index contributed by atoms with van der Waals surface area (Å²) in [6.07, 6.45) is 1.60. The number of aromatic nitrogens is 1. The van der Waals surface area contributed by atoms with Gasteiger partial charge in [0.2, 0.25) is 0 Å². The van der Waals surface area contributed by atoms with Crippen molar-refractivity contribution in [2.45, 2.75) is 53.4 Å². The number of nitro groups is 1. The van der Waals surface area contributed by atoms with Gasteiger partial charge < -0.3 is 18.9 Å². The molecule has 0 radical (unpaired) electrons. The largest absolute Gasteiger partial charge is 0.491 e. The summed E-state index contributed by atoms with van der Waals surface area (Å²) in [6.45, 7) is 9.83. The van der Waals surface area contributed by atoms with E-state index >= 15 is 0 Å². The third-order valence-corrected chi connectivity index (χ3v) is 8.83. The topological polar surface area (TPSA) is 131 Å². The number of rotatable bonds is 12. The molecule has 0 amide bonds. The number of carbonyl (C=O) groups is 1. The number of nitrogens with zero attached hydrogens (tertiary/aromatic N) is 3. The van der Waals surface area contributed by atoms with E-state index in [4.69, 9.17) is 18.9 Å². The molecule has 1 atom stereocenters. The van der Waals surface area contributed by atoms with E-state index in [2.05, 4.69) is 20.9 Å². The van der Waals surface area contributed by atoms with Crippen LogP contribution in [0.3, 0.4) is 0 Å². The Morgan fingerprint density at radius 3 is 2.48 bits per heavy atom.